The molecule has 7 nitrogen and oxygen atoms in total. The minimum atomic E-state index is -1.70. The summed E-state index contributed by atoms with van der Waals surface area (Å²) in [4.78, 5) is 18.4. The predicted molar refractivity (Wildman–Crippen MR) is 126 cm³/mol. The Labute approximate surface area is 201 Å². The zero-order valence-corrected chi connectivity index (χ0v) is 19.8. The average molecular weight is 506 g/mol. The molecule has 31 heavy (non-hydrogen) atoms. The minimum Gasteiger partial charge on any atom is -0.372 e. The molecule has 2 N–H and O–H groups in total. The van der Waals surface area contributed by atoms with Crippen LogP contribution in [0.2, 0.25) is 0 Å². The fraction of sp³-hybridized carbons (Fsp3) is 0.550. The molecule has 0 amide bonds. The number of alkyl halides is 3. The lowest BCUT2D eigenvalue weighted by atomic mass is 9.93. The largest absolute Gasteiger partial charge is 0.372 e. The third kappa shape index (κ3) is 5.13. The van der Waals surface area contributed by atoms with Crippen LogP contribution in [0.3, 0.4) is 0 Å². The Kier molecular flexibility index (Phi) is 7.30. The summed E-state index contributed by atoms with van der Waals surface area (Å²) in [5.41, 5.74) is 2.12. The highest BCUT2D eigenvalue weighted by Crippen LogP contribution is 2.38. The smallest absolute Gasteiger partial charge is 0.250 e. The zero-order valence-electron chi connectivity index (χ0n) is 16.8. The second-order valence-electron chi connectivity index (χ2n) is 8.01. The summed E-state index contributed by atoms with van der Waals surface area (Å²) in [6.07, 6.45) is 4.79. The molecule has 11 heteroatoms. The number of hydrogen-bond donors (Lipinski definition) is 2. The SMILES string of the molecule is ClC(Cl)(Cl)c1nc(-c2ccc(N3CCCC3)cc2)nc(N2CC3CCC2CN3)n1.OCl. The van der Waals surface area contributed by atoms with E-state index in [1.165, 1.54) is 24.9 Å². The van der Waals surface area contributed by atoms with E-state index in [1.807, 2.05) is 12.1 Å². The fourth-order valence-electron chi connectivity index (χ4n) is 4.50. The standard InChI is InChI=1S/C20H23Cl3N6.ClHO/c21-20(22,23)18-25-17(13-3-6-15(7-4-13)28-9-1-2-10-28)26-19(27-18)29-12-14-5-8-16(29)11-24-14;1-2/h3-4,6-7,14,16,24H,1-2,5,8-12H2;2H. The van der Waals surface area contributed by atoms with Crippen molar-refractivity contribution in [3.05, 3.63) is 30.1 Å². The number of hydrogen-bond acceptors (Lipinski definition) is 7. The molecule has 2 bridgehead atoms. The van der Waals surface area contributed by atoms with Gasteiger partial charge in [0.1, 0.15) is 0 Å². The highest BCUT2D eigenvalue weighted by molar-refractivity contribution is 6.66. The molecule has 4 aliphatic heterocycles. The van der Waals surface area contributed by atoms with E-state index < -0.39 is 3.79 Å². The maximum Gasteiger partial charge on any atom is 0.250 e. The second-order valence-corrected chi connectivity index (χ2v) is 10.3. The maximum absolute atomic E-state index is 6.47. The molecule has 0 spiro atoms. The first kappa shape index (κ1) is 23.1. The van der Waals surface area contributed by atoms with Gasteiger partial charge in [0.2, 0.25) is 9.74 Å². The van der Waals surface area contributed by atoms with Crippen LogP contribution in [0.4, 0.5) is 11.6 Å². The minimum absolute atomic E-state index is 0.167. The molecule has 2 aromatic rings. The molecule has 2 atom stereocenters. The van der Waals surface area contributed by atoms with Crippen LogP contribution in [0.1, 0.15) is 31.5 Å². The van der Waals surface area contributed by atoms with Gasteiger partial charge in [-0.3, -0.25) is 4.66 Å². The Bertz CT molecular complexity index is 880. The molecule has 168 valence electrons. The van der Waals surface area contributed by atoms with Crippen molar-refractivity contribution >= 4 is 58.3 Å². The number of anilines is 2. The zero-order chi connectivity index (χ0) is 22.0. The van der Waals surface area contributed by atoms with Gasteiger partial charge >= 0.3 is 0 Å². The quantitative estimate of drug-likeness (QED) is 0.609. The summed E-state index contributed by atoms with van der Waals surface area (Å²) in [5, 5.41) is 3.55. The normalized spacial score (nSPS) is 23.0. The molecule has 0 radical (unpaired) electrons. The van der Waals surface area contributed by atoms with Crippen molar-refractivity contribution in [2.24, 2.45) is 0 Å². The molecule has 1 aromatic heterocycles. The lowest BCUT2D eigenvalue weighted by molar-refractivity contribution is 0.287. The van der Waals surface area contributed by atoms with Crippen LogP contribution in [0.5, 0.6) is 0 Å². The third-order valence-corrected chi connectivity index (χ3v) is 6.59. The molecule has 2 unspecified atom stereocenters. The van der Waals surface area contributed by atoms with Crippen LogP contribution in [0, 0.1) is 0 Å². The monoisotopic (exact) mass is 504 g/mol. The Morgan fingerprint density at radius 2 is 1.68 bits per heavy atom. The van der Waals surface area contributed by atoms with Gasteiger partial charge in [-0.2, -0.15) is 9.97 Å². The highest BCUT2D eigenvalue weighted by Gasteiger charge is 2.36. The van der Waals surface area contributed by atoms with Crippen molar-refractivity contribution in [2.75, 3.05) is 36.0 Å². The second kappa shape index (κ2) is 9.81. The first-order valence-electron chi connectivity index (χ1n) is 10.3. The van der Waals surface area contributed by atoms with E-state index >= 15 is 0 Å². The summed E-state index contributed by atoms with van der Waals surface area (Å²) in [7, 11) is 0. The number of benzene rings is 1. The Hall–Kier alpha value is -1.09. The van der Waals surface area contributed by atoms with Gasteiger partial charge in [-0.25, -0.2) is 4.98 Å². The molecule has 1 aromatic carbocycles. The van der Waals surface area contributed by atoms with Gasteiger partial charge in [-0.05, 0) is 49.9 Å². The molecule has 0 aliphatic carbocycles. The Morgan fingerprint density at radius 3 is 2.23 bits per heavy atom. The molecular formula is C20H24Cl4N6O. The van der Waals surface area contributed by atoms with Crippen LogP contribution in [0.15, 0.2) is 24.3 Å². The van der Waals surface area contributed by atoms with Gasteiger partial charge in [-0.15, -0.1) is 0 Å². The summed E-state index contributed by atoms with van der Waals surface area (Å²) in [6, 6.07) is 9.13. The van der Waals surface area contributed by atoms with E-state index in [0.29, 0.717) is 23.9 Å². The predicted octanol–water partition coefficient (Wildman–Crippen LogP) is 4.04. The third-order valence-electron chi connectivity index (χ3n) is 6.08. The lowest BCUT2D eigenvalue weighted by Crippen LogP contribution is -2.61. The van der Waals surface area contributed by atoms with Crippen molar-refractivity contribution < 1.29 is 4.66 Å². The van der Waals surface area contributed by atoms with Crippen molar-refractivity contribution in [3.8, 4) is 11.4 Å². The van der Waals surface area contributed by atoms with Gasteiger partial charge < -0.3 is 15.1 Å². The number of fused-ring (bicyclic) bond motifs is 3. The number of piperazine rings is 1. The van der Waals surface area contributed by atoms with Crippen molar-refractivity contribution in [1.29, 1.82) is 0 Å². The molecular weight excluding hydrogens is 482 g/mol. The Balaban J connectivity index is 0.00000112. The van der Waals surface area contributed by atoms with Crippen molar-refractivity contribution in [1.82, 2.24) is 20.3 Å². The summed E-state index contributed by atoms with van der Waals surface area (Å²) < 4.78 is 4.77. The van der Waals surface area contributed by atoms with Crippen LogP contribution in [-0.4, -0.2) is 57.9 Å². The molecule has 4 aliphatic rings. The first-order chi connectivity index (χ1) is 15.0. The van der Waals surface area contributed by atoms with Gasteiger partial charge in [0.15, 0.2) is 11.6 Å². The van der Waals surface area contributed by atoms with E-state index in [2.05, 4.69) is 49.1 Å². The molecule has 6 rings (SSSR count). The van der Waals surface area contributed by atoms with Gasteiger partial charge in [0, 0.05) is 49.5 Å². The average Bonchev–Trinajstić information content (AvgIpc) is 3.35. The summed E-state index contributed by atoms with van der Waals surface area (Å²) in [5.74, 6) is 1.30. The van der Waals surface area contributed by atoms with E-state index in [-0.39, 0.29) is 5.82 Å². The molecule has 0 saturated carbocycles. The first-order valence-corrected chi connectivity index (χ1v) is 11.8. The van der Waals surface area contributed by atoms with E-state index in [4.69, 9.17) is 44.4 Å². The van der Waals surface area contributed by atoms with Crippen molar-refractivity contribution in [3.63, 3.8) is 0 Å². The summed E-state index contributed by atoms with van der Waals surface area (Å²) in [6.45, 7) is 4.01. The van der Waals surface area contributed by atoms with Crippen molar-refractivity contribution in [2.45, 2.75) is 41.6 Å². The maximum atomic E-state index is 6.47. The number of piperidine rings is 2. The topological polar surface area (TPSA) is 77.4 Å². The van der Waals surface area contributed by atoms with E-state index in [1.54, 1.807) is 0 Å². The van der Waals surface area contributed by atoms with E-state index in [9.17, 15) is 0 Å². The van der Waals surface area contributed by atoms with Gasteiger partial charge in [0.25, 0.3) is 0 Å². The van der Waals surface area contributed by atoms with Crippen LogP contribution >= 0.6 is 46.7 Å². The summed E-state index contributed by atoms with van der Waals surface area (Å²) >= 11 is 22.1. The van der Waals surface area contributed by atoms with Gasteiger partial charge in [-0.1, -0.05) is 34.8 Å². The number of nitrogens with zero attached hydrogens (tertiary/aromatic N) is 5. The van der Waals surface area contributed by atoms with Crippen LogP contribution < -0.4 is 15.1 Å². The molecule has 5 heterocycles. The number of rotatable bonds is 3. The number of nitrogens with one attached hydrogen (secondary N) is 1. The van der Waals surface area contributed by atoms with E-state index in [0.717, 1.165) is 38.2 Å². The molecule has 4 fully saturated rings. The number of aromatic nitrogens is 3. The van der Waals surface area contributed by atoms with Crippen LogP contribution in [0.25, 0.3) is 11.4 Å². The lowest BCUT2D eigenvalue weighted by Gasteiger charge is -2.46. The highest BCUT2D eigenvalue weighted by atomic mass is 35.6. The van der Waals surface area contributed by atoms with Crippen LogP contribution in [-0.2, 0) is 3.79 Å². The van der Waals surface area contributed by atoms with Gasteiger partial charge in [0.05, 0.1) is 11.9 Å². The molecule has 4 saturated heterocycles. The Morgan fingerprint density at radius 1 is 0.968 bits per heavy atom. The fourth-order valence-corrected chi connectivity index (χ4v) is 4.75. The number of halogens is 4.